The molecular formula is C27H21F6N3O5S. The standard InChI is InChI=1S/C14H11F3N2O2.C9H8F3NS.C4H2O3/c1-8-4-9(6-10(5-8)14(15,16)17)13-18-7-11(19-13)2-3-12(20)21;1-5-2-6(8(13)14)4-7(3-5)9(10,11)12;5-3-1-2-4(6)7-3/h2-7H,1H3,(H,18,19)(H,20,21);2-4H,1H3,(H2,13,14);1-2H/b3-2-;;. The van der Waals surface area contributed by atoms with Gasteiger partial charge in [0.2, 0.25) is 0 Å². The average molecular weight is 614 g/mol. The van der Waals surface area contributed by atoms with Crippen molar-refractivity contribution in [3.8, 4) is 11.4 Å². The van der Waals surface area contributed by atoms with E-state index in [9.17, 15) is 40.7 Å². The highest BCUT2D eigenvalue weighted by Crippen LogP contribution is 2.33. The Balaban J connectivity index is 0.000000250. The number of hydrogen-bond acceptors (Lipinski definition) is 6. The predicted molar refractivity (Wildman–Crippen MR) is 143 cm³/mol. The molecule has 222 valence electrons. The van der Waals surface area contributed by atoms with Crippen LogP contribution in [0.5, 0.6) is 0 Å². The van der Waals surface area contributed by atoms with E-state index >= 15 is 0 Å². The Bertz CT molecular complexity index is 1540. The van der Waals surface area contributed by atoms with Crippen molar-refractivity contribution in [1.82, 2.24) is 9.97 Å². The topological polar surface area (TPSA) is 135 Å². The van der Waals surface area contributed by atoms with Crippen LogP contribution in [0.2, 0.25) is 0 Å². The molecule has 0 radical (unpaired) electrons. The number of H-pyrrole nitrogens is 1. The molecule has 0 spiro atoms. The molecule has 15 heteroatoms. The molecule has 1 aromatic heterocycles. The maximum absolute atomic E-state index is 12.8. The Kier molecular flexibility index (Phi) is 10.9. The van der Waals surface area contributed by atoms with E-state index < -0.39 is 41.4 Å². The van der Waals surface area contributed by atoms with Crippen LogP contribution in [0.3, 0.4) is 0 Å². The molecule has 0 saturated heterocycles. The lowest BCUT2D eigenvalue weighted by molar-refractivity contribution is -0.150. The number of nitrogens with zero attached hydrogens (tertiary/aromatic N) is 1. The molecule has 2 heterocycles. The predicted octanol–water partition coefficient (Wildman–Crippen LogP) is 5.78. The summed E-state index contributed by atoms with van der Waals surface area (Å²) in [6, 6.07) is 7.15. The first kappa shape index (κ1) is 33.4. The third-order valence-electron chi connectivity index (χ3n) is 4.92. The highest BCUT2D eigenvalue weighted by molar-refractivity contribution is 7.80. The highest BCUT2D eigenvalue weighted by Gasteiger charge is 2.32. The number of carboxylic acid groups (broad SMARTS) is 1. The molecule has 3 aromatic rings. The van der Waals surface area contributed by atoms with Gasteiger partial charge in [-0.05, 0) is 67.4 Å². The smallest absolute Gasteiger partial charge is 0.416 e. The largest absolute Gasteiger partial charge is 0.478 e. The number of halogens is 6. The third-order valence-corrected chi connectivity index (χ3v) is 5.16. The van der Waals surface area contributed by atoms with E-state index in [1.54, 1.807) is 19.9 Å². The molecule has 0 amide bonds. The van der Waals surface area contributed by atoms with Crippen LogP contribution in [0.25, 0.3) is 17.5 Å². The fourth-order valence-electron chi connectivity index (χ4n) is 3.20. The molecule has 8 nitrogen and oxygen atoms in total. The van der Waals surface area contributed by atoms with Crippen LogP contribution in [0.4, 0.5) is 26.3 Å². The quantitative estimate of drug-likeness (QED) is 0.111. The Hall–Kier alpha value is -4.79. The molecule has 4 N–H and O–H groups in total. The van der Waals surface area contributed by atoms with Gasteiger partial charge in [0, 0.05) is 29.4 Å². The van der Waals surface area contributed by atoms with Crippen molar-refractivity contribution in [1.29, 1.82) is 0 Å². The summed E-state index contributed by atoms with van der Waals surface area (Å²) in [6.45, 7) is 3.13. The van der Waals surface area contributed by atoms with Crippen LogP contribution in [-0.4, -0.2) is 38.0 Å². The SMILES string of the molecule is Cc1cc(-c2ncc(/C=C\C(=O)O)[nH]2)cc(C(F)(F)F)c1.Cc1cc(C(N)=S)cc(C(F)(F)F)c1.O=C1C=CC(=O)O1. The number of ether oxygens (including phenoxy) is 1. The molecule has 1 aliphatic heterocycles. The van der Waals surface area contributed by atoms with Crippen LogP contribution < -0.4 is 5.73 Å². The maximum Gasteiger partial charge on any atom is 0.416 e. The number of rotatable bonds is 4. The van der Waals surface area contributed by atoms with Crippen molar-refractivity contribution < 1.29 is 50.6 Å². The molecule has 0 atom stereocenters. The number of benzene rings is 2. The fourth-order valence-corrected chi connectivity index (χ4v) is 3.32. The Morgan fingerprint density at radius 3 is 1.90 bits per heavy atom. The molecule has 0 fully saturated rings. The summed E-state index contributed by atoms with van der Waals surface area (Å²) in [5.41, 5.74) is 5.65. The molecule has 2 aromatic carbocycles. The van der Waals surface area contributed by atoms with Gasteiger partial charge in [-0.15, -0.1) is 0 Å². The number of aromatic nitrogens is 2. The van der Waals surface area contributed by atoms with Crippen molar-refractivity contribution in [2.45, 2.75) is 26.2 Å². The monoisotopic (exact) mass is 613 g/mol. The fraction of sp³-hybridized carbons (Fsp3) is 0.148. The van der Waals surface area contributed by atoms with Gasteiger partial charge in [0.25, 0.3) is 0 Å². The summed E-state index contributed by atoms with van der Waals surface area (Å²) in [5.74, 6) is -2.04. The molecular weight excluding hydrogens is 592 g/mol. The van der Waals surface area contributed by atoms with Crippen molar-refractivity contribution in [3.05, 3.63) is 94.3 Å². The lowest BCUT2D eigenvalue weighted by Gasteiger charge is -2.09. The van der Waals surface area contributed by atoms with Crippen molar-refractivity contribution >= 4 is 41.2 Å². The summed E-state index contributed by atoms with van der Waals surface area (Å²) in [6.07, 6.45) is -3.08. The number of hydrogen-bond donors (Lipinski definition) is 3. The number of aryl methyl sites for hydroxylation is 2. The van der Waals surface area contributed by atoms with Crippen LogP contribution >= 0.6 is 12.2 Å². The number of aliphatic carboxylic acids is 1. The van der Waals surface area contributed by atoms with E-state index in [4.69, 9.17) is 10.8 Å². The van der Waals surface area contributed by atoms with Gasteiger partial charge in [0.05, 0.1) is 23.0 Å². The van der Waals surface area contributed by atoms with Crippen molar-refractivity contribution in [2.24, 2.45) is 5.73 Å². The minimum Gasteiger partial charge on any atom is -0.478 e. The van der Waals surface area contributed by atoms with Gasteiger partial charge in [-0.25, -0.2) is 19.4 Å². The summed E-state index contributed by atoms with van der Waals surface area (Å²) in [4.78, 5) is 36.9. The maximum atomic E-state index is 12.8. The van der Waals surface area contributed by atoms with Crippen LogP contribution in [0.15, 0.2) is 60.8 Å². The zero-order valence-electron chi connectivity index (χ0n) is 21.6. The number of carbonyl (C=O) groups is 3. The normalized spacial score (nSPS) is 12.8. The number of imidazole rings is 1. The van der Waals surface area contributed by atoms with Gasteiger partial charge in [-0.3, -0.25) is 0 Å². The molecule has 42 heavy (non-hydrogen) atoms. The first-order chi connectivity index (χ1) is 19.3. The average Bonchev–Trinajstić information content (AvgIpc) is 3.50. The second-order valence-electron chi connectivity index (χ2n) is 8.47. The summed E-state index contributed by atoms with van der Waals surface area (Å²) in [5, 5.41) is 8.51. The van der Waals surface area contributed by atoms with Gasteiger partial charge >= 0.3 is 30.3 Å². The first-order valence-electron chi connectivity index (χ1n) is 11.4. The second kappa shape index (κ2) is 13.7. The Labute approximate surface area is 239 Å². The van der Waals surface area contributed by atoms with Gasteiger partial charge in [-0.1, -0.05) is 12.2 Å². The highest BCUT2D eigenvalue weighted by atomic mass is 32.1. The van der Waals surface area contributed by atoms with Crippen LogP contribution in [-0.2, 0) is 31.5 Å². The molecule has 0 aliphatic carbocycles. The van der Waals surface area contributed by atoms with Gasteiger partial charge < -0.3 is 20.6 Å². The molecule has 0 bridgehead atoms. The molecule has 1 aliphatic rings. The van der Waals surface area contributed by atoms with Crippen LogP contribution in [0, 0.1) is 13.8 Å². The van der Waals surface area contributed by atoms with Gasteiger partial charge in [0.15, 0.2) is 0 Å². The lowest BCUT2D eigenvalue weighted by atomic mass is 10.1. The van der Waals surface area contributed by atoms with E-state index in [-0.39, 0.29) is 21.9 Å². The molecule has 4 rings (SSSR count). The molecule has 0 saturated carbocycles. The molecule has 0 unspecified atom stereocenters. The second-order valence-corrected chi connectivity index (χ2v) is 8.91. The number of carboxylic acids is 1. The lowest BCUT2D eigenvalue weighted by Crippen LogP contribution is -2.12. The van der Waals surface area contributed by atoms with E-state index in [1.165, 1.54) is 18.3 Å². The number of alkyl halides is 6. The first-order valence-corrected chi connectivity index (χ1v) is 11.8. The number of nitrogens with two attached hydrogens (primary N) is 1. The summed E-state index contributed by atoms with van der Waals surface area (Å²) in [7, 11) is 0. The van der Waals surface area contributed by atoms with Crippen LogP contribution in [0.1, 0.15) is 33.5 Å². The Morgan fingerprint density at radius 2 is 1.45 bits per heavy atom. The van der Waals surface area contributed by atoms with Gasteiger partial charge in [0.1, 0.15) is 10.8 Å². The Morgan fingerprint density at radius 1 is 0.929 bits per heavy atom. The number of carbonyl (C=O) groups excluding carboxylic acids is 2. The zero-order chi connectivity index (χ0) is 31.8. The minimum atomic E-state index is -4.43. The van der Waals surface area contributed by atoms with E-state index in [0.29, 0.717) is 16.8 Å². The van der Waals surface area contributed by atoms with E-state index in [2.05, 4.69) is 26.9 Å². The summed E-state index contributed by atoms with van der Waals surface area (Å²) < 4.78 is 79.3. The number of cyclic esters (lactones) is 2. The van der Waals surface area contributed by atoms with E-state index in [1.807, 2.05) is 0 Å². The zero-order valence-corrected chi connectivity index (χ0v) is 22.4. The number of esters is 2. The van der Waals surface area contributed by atoms with Crippen molar-refractivity contribution in [2.75, 3.05) is 0 Å². The number of aromatic amines is 1. The minimum absolute atomic E-state index is 0.0285. The third kappa shape index (κ3) is 10.6. The number of thiocarbonyl (C=S) groups is 1. The van der Waals surface area contributed by atoms with Crippen molar-refractivity contribution in [3.63, 3.8) is 0 Å². The van der Waals surface area contributed by atoms with E-state index in [0.717, 1.165) is 42.5 Å². The number of nitrogens with one attached hydrogen (secondary N) is 1. The van der Waals surface area contributed by atoms with Gasteiger partial charge in [-0.2, -0.15) is 26.3 Å². The summed E-state index contributed by atoms with van der Waals surface area (Å²) >= 11 is 4.61.